The highest BCUT2D eigenvalue weighted by atomic mass is 32.2. The number of thiophene rings is 1. The summed E-state index contributed by atoms with van der Waals surface area (Å²) >= 11 is 2.77. The first-order valence-corrected chi connectivity index (χ1v) is 10.6. The Balaban J connectivity index is 1.48. The lowest BCUT2D eigenvalue weighted by atomic mass is 10.0. The van der Waals surface area contributed by atoms with Crippen LogP contribution in [0.3, 0.4) is 0 Å². The summed E-state index contributed by atoms with van der Waals surface area (Å²) in [4.78, 5) is 34.0. The van der Waals surface area contributed by atoms with Crippen LogP contribution in [0.5, 0.6) is 0 Å². The summed E-state index contributed by atoms with van der Waals surface area (Å²) in [6, 6.07) is 17.6. The van der Waals surface area contributed by atoms with E-state index in [9.17, 15) is 9.59 Å². The zero-order valence-electron chi connectivity index (χ0n) is 15.5. The highest BCUT2D eigenvalue weighted by Gasteiger charge is 2.13. The molecule has 28 heavy (non-hydrogen) atoms. The molecule has 0 amide bonds. The van der Waals surface area contributed by atoms with Crippen LogP contribution in [0.1, 0.15) is 20.8 Å². The molecule has 0 spiro atoms. The molecule has 4 aromatic rings. The number of ketones is 1. The molecule has 0 saturated carbocycles. The Bertz CT molecular complexity index is 1210. The number of nitrogens with one attached hydrogen (secondary N) is 1. The number of rotatable bonds is 5. The van der Waals surface area contributed by atoms with Gasteiger partial charge in [-0.05, 0) is 30.5 Å². The molecule has 2 heterocycles. The first kappa shape index (κ1) is 18.7. The third-order valence-corrected chi connectivity index (χ3v) is 6.65. The number of aromatic amines is 1. The van der Waals surface area contributed by atoms with Crippen molar-refractivity contribution in [1.82, 2.24) is 9.97 Å². The van der Waals surface area contributed by atoms with Crippen molar-refractivity contribution in [1.29, 1.82) is 0 Å². The Morgan fingerprint density at radius 2 is 1.71 bits per heavy atom. The van der Waals surface area contributed by atoms with Gasteiger partial charge in [0.25, 0.3) is 5.56 Å². The molecule has 0 saturated heterocycles. The molecular weight excluding hydrogens is 388 g/mol. The van der Waals surface area contributed by atoms with Crippen molar-refractivity contribution < 1.29 is 4.79 Å². The smallest absolute Gasteiger partial charge is 0.260 e. The van der Waals surface area contributed by atoms with E-state index < -0.39 is 0 Å². The molecule has 4 nitrogen and oxygen atoms in total. The van der Waals surface area contributed by atoms with Gasteiger partial charge in [-0.25, -0.2) is 4.98 Å². The predicted molar refractivity (Wildman–Crippen MR) is 117 cm³/mol. The molecule has 2 aromatic carbocycles. The number of nitrogens with zero attached hydrogens (tertiary/aromatic N) is 1. The van der Waals surface area contributed by atoms with Gasteiger partial charge in [-0.2, -0.15) is 0 Å². The van der Waals surface area contributed by atoms with Crippen LogP contribution in [0.25, 0.3) is 21.3 Å². The average Bonchev–Trinajstić information content (AvgIpc) is 3.01. The third-order valence-electron chi connectivity index (χ3n) is 4.67. The van der Waals surface area contributed by atoms with Gasteiger partial charge in [-0.3, -0.25) is 9.59 Å². The lowest BCUT2D eigenvalue weighted by molar-refractivity contribution is 0.102. The Labute approximate surface area is 170 Å². The monoisotopic (exact) mass is 406 g/mol. The van der Waals surface area contributed by atoms with Crippen LogP contribution >= 0.6 is 23.1 Å². The molecule has 1 N–H and O–H groups in total. The van der Waals surface area contributed by atoms with Gasteiger partial charge in [0.2, 0.25) is 0 Å². The van der Waals surface area contributed by atoms with Crippen LogP contribution in [-0.4, -0.2) is 21.5 Å². The van der Waals surface area contributed by atoms with Gasteiger partial charge in [-0.1, -0.05) is 66.4 Å². The lowest BCUT2D eigenvalue weighted by Gasteiger charge is -2.04. The molecule has 0 aliphatic heterocycles. The minimum atomic E-state index is -0.144. The van der Waals surface area contributed by atoms with Crippen molar-refractivity contribution in [2.45, 2.75) is 19.0 Å². The molecule has 0 aliphatic carbocycles. The molecule has 2 aromatic heterocycles. The summed E-state index contributed by atoms with van der Waals surface area (Å²) in [6.45, 7) is 3.91. The van der Waals surface area contributed by atoms with Gasteiger partial charge in [-0.15, -0.1) is 11.3 Å². The Morgan fingerprint density at radius 3 is 2.43 bits per heavy atom. The zero-order valence-corrected chi connectivity index (χ0v) is 17.1. The van der Waals surface area contributed by atoms with Crippen molar-refractivity contribution in [3.05, 3.63) is 81.0 Å². The zero-order chi connectivity index (χ0) is 19.7. The minimum Gasteiger partial charge on any atom is -0.301 e. The minimum absolute atomic E-state index is 0.00546. The van der Waals surface area contributed by atoms with Gasteiger partial charge in [0.1, 0.15) is 4.83 Å². The van der Waals surface area contributed by atoms with E-state index >= 15 is 0 Å². The van der Waals surface area contributed by atoms with Crippen LogP contribution in [0, 0.1) is 13.8 Å². The topological polar surface area (TPSA) is 62.8 Å². The van der Waals surface area contributed by atoms with Crippen LogP contribution < -0.4 is 5.56 Å². The van der Waals surface area contributed by atoms with Crippen molar-refractivity contribution in [3.63, 3.8) is 0 Å². The normalized spacial score (nSPS) is 11.1. The van der Waals surface area contributed by atoms with Gasteiger partial charge in [0.05, 0.1) is 11.1 Å². The maximum atomic E-state index is 12.5. The van der Waals surface area contributed by atoms with E-state index in [2.05, 4.69) is 9.97 Å². The summed E-state index contributed by atoms with van der Waals surface area (Å²) in [6.07, 6.45) is 0. The number of aryl methyl sites for hydroxylation is 2. The number of aromatic nitrogens is 2. The number of carbonyl (C=O) groups is 1. The van der Waals surface area contributed by atoms with Crippen molar-refractivity contribution in [2.24, 2.45) is 0 Å². The van der Waals surface area contributed by atoms with Crippen LogP contribution in [-0.2, 0) is 0 Å². The van der Waals surface area contributed by atoms with Crippen molar-refractivity contribution >= 4 is 39.1 Å². The number of thioether (sulfide) groups is 1. The average molecular weight is 407 g/mol. The number of carbonyl (C=O) groups excluding carboxylic acids is 1. The molecule has 0 radical (unpaired) electrons. The molecule has 0 aliphatic rings. The second-order valence-corrected chi connectivity index (χ2v) is 8.66. The Hall–Kier alpha value is -2.70. The van der Waals surface area contributed by atoms with E-state index in [1.807, 2.05) is 68.4 Å². The molecule has 0 bridgehead atoms. The van der Waals surface area contributed by atoms with E-state index in [1.165, 1.54) is 23.1 Å². The van der Waals surface area contributed by atoms with Crippen LogP contribution in [0.4, 0.5) is 0 Å². The van der Waals surface area contributed by atoms with E-state index in [1.54, 1.807) is 0 Å². The van der Waals surface area contributed by atoms with E-state index in [4.69, 9.17) is 0 Å². The van der Waals surface area contributed by atoms with Gasteiger partial charge >= 0.3 is 0 Å². The van der Waals surface area contributed by atoms with Gasteiger partial charge < -0.3 is 4.98 Å². The standard InChI is InChI=1S/C22H18N2O2S2/c1-13-14(2)28-21-19(13)20(26)23-22(24-21)27-12-18(25)17-10-8-16(9-11-17)15-6-4-3-5-7-15/h3-11H,12H2,1-2H3,(H,23,24,26). The SMILES string of the molecule is Cc1sc2nc(SCC(=O)c3ccc(-c4ccccc4)cc3)[nH]c(=O)c2c1C. The van der Waals surface area contributed by atoms with Crippen LogP contribution in [0.2, 0.25) is 0 Å². The molecule has 0 atom stereocenters. The van der Waals surface area contributed by atoms with Gasteiger partial charge in [0.15, 0.2) is 10.9 Å². The number of hydrogen-bond donors (Lipinski definition) is 1. The Morgan fingerprint density at radius 1 is 1.04 bits per heavy atom. The highest BCUT2D eigenvalue weighted by Crippen LogP contribution is 2.27. The number of benzene rings is 2. The Kier molecular flexibility index (Phi) is 5.15. The van der Waals surface area contributed by atoms with Gasteiger partial charge in [0, 0.05) is 10.4 Å². The largest absolute Gasteiger partial charge is 0.301 e. The van der Waals surface area contributed by atoms with E-state index in [0.717, 1.165) is 26.4 Å². The highest BCUT2D eigenvalue weighted by molar-refractivity contribution is 7.99. The maximum absolute atomic E-state index is 12.5. The van der Waals surface area contributed by atoms with Crippen LogP contribution in [0.15, 0.2) is 64.5 Å². The second kappa shape index (κ2) is 7.73. The quantitative estimate of drug-likeness (QED) is 0.280. The number of H-pyrrole nitrogens is 1. The lowest BCUT2D eigenvalue weighted by Crippen LogP contribution is -2.10. The summed E-state index contributed by atoms with van der Waals surface area (Å²) in [5.74, 6) is 0.230. The molecule has 6 heteroatoms. The molecule has 140 valence electrons. The van der Waals surface area contributed by atoms with Crippen molar-refractivity contribution in [2.75, 3.05) is 5.75 Å². The number of hydrogen-bond acceptors (Lipinski definition) is 5. The predicted octanol–water partition coefficient (Wildman–Crippen LogP) is 5.24. The fourth-order valence-electron chi connectivity index (χ4n) is 3.00. The molecule has 4 rings (SSSR count). The maximum Gasteiger partial charge on any atom is 0.260 e. The summed E-state index contributed by atoms with van der Waals surface area (Å²) in [5.41, 5.74) is 3.67. The summed E-state index contributed by atoms with van der Waals surface area (Å²) in [5, 5.41) is 1.13. The van der Waals surface area contributed by atoms with E-state index in [-0.39, 0.29) is 17.1 Å². The summed E-state index contributed by atoms with van der Waals surface area (Å²) in [7, 11) is 0. The number of fused-ring (bicyclic) bond motifs is 1. The summed E-state index contributed by atoms with van der Waals surface area (Å²) < 4.78 is 0. The fourth-order valence-corrected chi connectivity index (χ4v) is 4.84. The van der Waals surface area contributed by atoms with Crippen molar-refractivity contribution in [3.8, 4) is 11.1 Å². The molecular formula is C22H18N2O2S2. The first-order valence-electron chi connectivity index (χ1n) is 8.84. The number of Topliss-reactive ketones (excluding diaryl/α,β-unsaturated/α-hetero) is 1. The first-order chi connectivity index (χ1) is 13.5. The molecule has 0 unspecified atom stereocenters. The molecule has 0 fully saturated rings. The second-order valence-electron chi connectivity index (χ2n) is 6.49. The van der Waals surface area contributed by atoms with E-state index in [0.29, 0.717) is 16.1 Å². The fraction of sp³-hybridized carbons (Fsp3) is 0.136. The third kappa shape index (κ3) is 3.66.